The van der Waals surface area contributed by atoms with E-state index in [2.05, 4.69) is 15.0 Å². The van der Waals surface area contributed by atoms with Gasteiger partial charge in [0, 0.05) is 49.2 Å². The van der Waals surface area contributed by atoms with Crippen molar-refractivity contribution in [1.29, 1.82) is 0 Å². The van der Waals surface area contributed by atoms with Crippen LogP contribution in [0, 0.1) is 0 Å². The SMILES string of the molecule is Nc1ccc(-c2cc3nc(OCCN4CCOCC4)ccn3n2)cc1. The van der Waals surface area contributed by atoms with E-state index in [-0.39, 0.29) is 0 Å². The average Bonchev–Trinajstić information content (AvgIpc) is 3.06. The topological polar surface area (TPSA) is 77.9 Å². The van der Waals surface area contributed by atoms with Crippen molar-refractivity contribution in [2.75, 3.05) is 45.2 Å². The fourth-order valence-corrected chi connectivity index (χ4v) is 2.84. The lowest BCUT2D eigenvalue weighted by atomic mass is 10.1. The number of anilines is 1. The first-order valence-electron chi connectivity index (χ1n) is 8.43. The standard InChI is InChI=1S/C18H21N5O2/c19-15-3-1-14(2-4-15)16-13-17-20-18(5-6-23(17)21-16)25-12-9-22-7-10-24-11-8-22/h1-6,13H,7-12,19H2. The van der Waals surface area contributed by atoms with Gasteiger partial charge in [-0.15, -0.1) is 0 Å². The number of nitrogen functional groups attached to an aromatic ring is 1. The second-order valence-corrected chi connectivity index (χ2v) is 6.02. The van der Waals surface area contributed by atoms with E-state index in [0.29, 0.717) is 12.5 Å². The maximum absolute atomic E-state index is 5.80. The number of ether oxygens (including phenoxy) is 2. The van der Waals surface area contributed by atoms with Crippen LogP contribution in [-0.2, 0) is 4.74 Å². The number of morpholine rings is 1. The van der Waals surface area contributed by atoms with Gasteiger partial charge in [0.25, 0.3) is 0 Å². The van der Waals surface area contributed by atoms with Gasteiger partial charge in [0.15, 0.2) is 5.65 Å². The van der Waals surface area contributed by atoms with Gasteiger partial charge < -0.3 is 15.2 Å². The van der Waals surface area contributed by atoms with Crippen LogP contribution in [0.15, 0.2) is 42.6 Å². The van der Waals surface area contributed by atoms with E-state index >= 15 is 0 Å². The molecule has 25 heavy (non-hydrogen) atoms. The van der Waals surface area contributed by atoms with Crippen LogP contribution in [0.5, 0.6) is 5.88 Å². The Morgan fingerprint density at radius 2 is 1.92 bits per heavy atom. The van der Waals surface area contributed by atoms with E-state index in [0.717, 1.165) is 55.4 Å². The summed E-state index contributed by atoms with van der Waals surface area (Å²) >= 11 is 0. The van der Waals surface area contributed by atoms with E-state index in [1.807, 2.05) is 42.6 Å². The highest BCUT2D eigenvalue weighted by Gasteiger charge is 2.11. The minimum absolute atomic E-state index is 0.613. The predicted molar refractivity (Wildman–Crippen MR) is 95.6 cm³/mol. The van der Waals surface area contributed by atoms with Crippen LogP contribution in [0.2, 0.25) is 0 Å². The van der Waals surface area contributed by atoms with Gasteiger partial charge in [-0.1, -0.05) is 12.1 Å². The van der Waals surface area contributed by atoms with E-state index in [1.165, 1.54) is 0 Å². The van der Waals surface area contributed by atoms with Gasteiger partial charge in [0.2, 0.25) is 5.88 Å². The minimum Gasteiger partial charge on any atom is -0.476 e. The van der Waals surface area contributed by atoms with Crippen molar-refractivity contribution in [2.45, 2.75) is 0 Å². The van der Waals surface area contributed by atoms with Crippen LogP contribution in [0.4, 0.5) is 5.69 Å². The molecule has 0 aliphatic carbocycles. The summed E-state index contributed by atoms with van der Waals surface area (Å²) in [4.78, 5) is 6.87. The van der Waals surface area contributed by atoms with Crippen LogP contribution >= 0.6 is 0 Å². The van der Waals surface area contributed by atoms with Crippen molar-refractivity contribution in [3.05, 3.63) is 42.6 Å². The van der Waals surface area contributed by atoms with Crippen LogP contribution in [0.25, 0.3) is 16.9 Å². The largest absolute Gasteiger partial charge is 0.476 e. The molecular weight excluding hydrogens is 318 g/mol. The van der Waals surface area contributed by atoms with Gasteiger partial charge >= 0.3 is 0 Å². The summed E-state index contributed by atoms with van der Waals surface area (Å²) in [5.41, 5.74) is 9.10. The van der Waals surface area contributed by atoms with Crippen molar-refractivity contribution >= 4 is 11.3 Å². The summed E-state index contributed by atoms with van der Waals surface area (Å²) in [6, 6.07) is 11.4. The summed E-state index contributed by atoms with van der Waals surface area (Å²) < 4.78 is 12.9. The number of nitrogens with two attached hydrogens (primary N) is 1. The van der Waals surface area contributed by atoms with Crippen molar-refractivity contribution < 1.29 is 9.47 Å². The van der Waals surface area contributed by atoms with Gasteiger partial charge in [-0.3, -0.25) is 4.90 Å². The van der Waals surface area contributed by atoms with E-state index in [1.54, 1.807) is 4.52 Å². The normalized spacial score (nSPS) is 15.5. The number of hydrogen-bond acceptors (Lipinski definition) is 6. The number of nitrogens with zero attached hydrogens (tertiary/aromatic N) is 4. The monoisotopic (exact) mass is 339 g/mol. The van der Waals surface area contributed by atoms with Crippen molar-refractivity contribution in [2.24, 2.45) is 0 Å². The molecule has 1 aliphatic heterocycles. The summed E-state index contributed by atoms with van der Waals surface area (Å²) in [5.74, 6) is 0.615. The Labute approximate surface area is 146 Å². The molecular formula is C18H21N5O2. The minimum atomic E-state index is 0.613. The molecule has 0 saturated carbocycles. The molecule has 4 rings (SSSR count). The Morgan fingerprint density at radius 3 is 2.72 bits per heavy atom. The third kappa shape index (κ3) is 3.72. The predicted octanol–water partition coefficient (Wildman–Crippen LogP) is 1.69. The molecule has 130 valence electrons. The second-order valence-electron chi connectivity index (χ2n) is 6.02. The fourth-order valence-electron chi connectivity index (χ4n) is 2.84. The second kappa shape index (κ2) is 7.08. The Morgan fingerprint density at radius 1 is 1.12 bits per heavy atom. The Kier molecular flexibility index (Phi) is 4.49. The first-order chi connectivity index (χ1) is 12.3. The lowest BCUT2D eigenvalue weighted by molar-refractivity contribution is 0.0320. The summed E-state index contributed by atoms with van der Waals surface area (Å²) in [5, 5.41) is 4.54. The molecule has 3 aromatic rings. The number of hydrogen-bond donors (Lipinski definition) is 1. The van der Waals surface area contributed by atoms with Crippen molar-refractivity contribution in [1.82, 2.24) is 19.5 Å². The highest BCUT2D eigenvalue weighted by molar-refractivity contribution is 5.65. The molecule has 0 amide bonds. The molecule has 0 radical (unpaired) electrons. The zero-order valence-corrected chi connectivity index (χ0v) is 14.0. The van der Waals surface area contributed by atoms with Gasteiger partial charge in [0.1, 0.15) is 6.61 Å². The van der Waals surface area contributed by atoms with Crippen molar-refractivity contribution in [3.63, 3.8) is 0 Å². The lowest BCUT2D eigenvalue weighted by Gasteiger charge is -2.26. The lowest BCUT2D eigenvalue weighted by Crippen LogP contribution is -2.38. The third-order valence-corrected chi connectivity index (χ3v) is 4.27. The Balaban J connectivity index is 1.43. The maximum Gasteiger partial charge on any atom is 0.216 e. The van der Waals surface area contributed by atoms with E-state index in [9.17, 15) is 0 Å². The molecule has 0 unspecified atom stereocenters. The zero-order valence-electron chi connectivity index (χ0n) is 14.0. The number of aromatic nitrogens is 3. The molecule has 0 spiro atoms. The van der Waals surface area contributed by atoms with Gasteiger partial charge in [-0.05, 0) is 12.1 Å². The molecule has 2 N–H and O–H groups in total. The Hall–Kier alpha value is -2.64. The first-order valence-corrected chi connectivity index (χ1v) is 8.43. The zero-order chi connectivity index (χ0) is 17.1. The highest BCUT2D eigenvalue weighted by atomic mass is 16.5. The quantitative estimate of drug-likeness (QED) is 0.713. The molecule has 0 atom stereocenters. The molecule has 1 aromatic carbocycles. The fraction of sp³-hybridized carbons (Fsp3) is 0.333. The van der Waals surface area contributed by atoms with E-state index in [4.69, 9.17) is 15.2 Å². The maximum atomic E-state index is 5.80. The van der Waals surface area contributed by atoms with Crippen LogP contribution in [-0.4, -0.2) is 59.0 Å². The van der Waals surface area contributed by atoms with Crippen LogP contribution in [0.3, 0.4) is 0 Å². The summed E-state index contributed by atoms with van der Waals surface area (Å²) in [7, 11) is 0. The highest BCUT2D eigenvalue weighted by Crippen LogP contribution is 2.21. The first kappa shape index (κ1) is 15.9. The van der Waals surface area contributed by atoms with Crippen LogP contribution < -0.4 is 10.5 Å². The van der Waals surface area contributed by atoms with E-state index < -0.39 is 0 Å². The van der Waals surface area contributed by atoms with Gasteiger partial charge in [0.05, 0.1) is 18.9 Å². The number of fused-ring (bicyclic) bond motifs is 1. The van der Waals surface area contributed by atoms with Gasteiger partial charge in [-0.25, -0.2) is 4.52 Å². The van der Waals surface area contributed by atoms with Crippen LogP contribution in [0.1, 0.15) is 0 Å². The summed E-state index contributed by atoms with van der Waals surface area (Å²) in [6.07, 6.45) is 1.87. The Bertz CT molecular complexity index is 840. The molecule has 7 heteroatoms. The molecule has 0 bridgehead atoms. The van der Waals surface area contributed by atoms with Gasteiger partial charge in [-0.2, -0.15) is 10.1 Å². The molecule has 1 aliphatic rings. The molecule has 2 aromatic heterocycles. The molecule has 1 fully saturated rings. The third-order valence-electron chi connectivity index (χ3n) is 4.27. The number of rotatable bonds is 5. The molecule has 7 nitrogen and oxygen atoms in total. The van der Waals surface area contributed by atoms with Crippen molar-refractivity contribution in [3.8, 4) is 17.1 Å². The smallest absolute Gasteiger partial charge is 0.216 e. The average molecular weight is 339 g/mol. The number of benzene rings is 1. The molecule has 1 saturated heterocycles. The summed E-state index contributed by atoms with van der Waals surface area (Å²) in [6.45, 7) is 5.02. The molecule has 3 heterocycles.